The molecule has 2 nitrogen and oxygen atoms in total. The normalized spacial score (nSPS) is 15.6. The fourth-order valence-corrected chi connectivity index (χ4v) is 4.10. The molecule has 0 amide bonds. The molecule has 3 atom stereocenters. The Morgan fingerprint density at radius 3 is 2.29 bits per heavy atom. The zero-order valence-electron chi connectivity index (χ0n) is 14.0. The summed E-state index contributed by atoms with van der Waals surface area (Å²) in [6.45, 7) is 9.56. The summed E-state index contributed by atoms with van der Waals surface area (Å²) in [6.07, 6.45) is 3.41. The second kappa shape index (κ2) is 10.1. The Kier molecular flexibility index (Phi) is 8.86. The second-order valence-corrected chi connectivity index (χ2v) is 7.43. The lowest BCUT2D eigenvalue weighted by molar-refractivity contribution is 0.582. The fourth-order valence-electron chi connectivity index (χ4n) is 2.41. The van der Waals surface area contributed by atoms with Crippen LogP contribution in [0, 0.1) is 5.92 Å². The van der Waals surface area contributed by atoms with Crippen LogP contribution in [0.5, 0.6) is 0 Å². The largest absolute Gasteiger partial charge is 0.309 e. The first-order valence-electron chi connectivity index (χ1n) is 8.27. The molecular formula is C18H31NOS. The third-order valence-corrected chi connectivity index (χ3v) is 5.54. The first-order chi connectivity index (χ1) is 10.1. The van der Waals surface area contributed by atoms with Crippen molar-refractivity contribution in [1.29, 1.82) is 0 Å². The van der Waals surface area contributed by atoms with Crippen LogP contribution in [0.3, 0.4) is 0 Å². The van der Waals surface area contributed by atoms with E-state index in [0.29, 0.717) is 11.7 Å². The quantitative estimate of drug-likeness (QED) is 0.705. The van der Waals surface area contributed by atoms with Gasteiger partial charge in [0.25, 0.3) is 0 Å². The number of benzene rings is 1. The van der Waals surface area contributed by atoms with Gasteiger partial charge < -0.3 is 5.32 Å². The highest BCUT2D eigenvalue weighted by atomic mass is 32.2. The van der Waals surface area contributed by atoms with Gasteiger partial charge in [-0.1, -0.05) is 64.8 Å². The van der Waals surface area contributed by atoms with E-state index in [-0.39, 0.29) is 6.04 Å². The van der Waals surface area contributed by atoms with Gasteiger partial charge in [-0.25, -0.2) is 0 Å². The number of hydrogen-bond donors (Lipinski definition) is 1. The van der Waals surface area contributed by atoms with Gasteiger partial charge in [0.15, 0.2) is 0 Å². The minimum absolute atomic E-state index is 0.204. The van der Waals surface area contributed by atoms with E-state index >= 15 is 0 Å². The molecule has 21 heavy (non-hydrogen) atoms. The van der Waals surface area contributed by atoms with Crippen molar-refractivity contribution in [3.05, 3.63) is 35.4 Å². The predicted molar refractivity (Wildman–Crippen MR) is 94.2 cm³/mol. The Balaban J connectivity index is 2.69. The minimum Gasteiger partial charge on any atom is -0.309 e. The minimum atomic E-state index is -0.753. The third kappa shape index (κ3) is 6.75. The van der Waals surface area contributed by atoms with E-state index in [9.17, 15) is 4.21 Å². The summed E-state index contributed by atoms with van der Waals surface area (Å²) >= 11 is 0. The number of hydrogen-bond acceptors (Lipinski definition) is 2. The standard InChI is InChI=1S/C18H31NOS/c1-5-8-16-9-11-17(12-10-16)18(19-7-3)14-21(20)13-15(4)6-2/h9-12,15,18-19H,5-8,13-14H2,1-4H3. The van der Waals surface area contributed by atoms with Gasteiger partial charge in [0.1, 0.15) is 0 Å². The summed E-state index contributed by atoms with van der Waals surface area (Å²) in [5, 5.41) is 3.48. The lowest BCUT2D eigenvalue weighted by atomic mass is 10.0. The van der Waals surface area contributed by atoms with E-state index in [1.165, 1.54) is 17.5 Å². The molecule has 120 valence electrons. The van der Waals surface area contributed by atoms with Gasteiger partial charge in [0, 0.05) is 28.3 Å². The van der Waals surface area contributed by atoms with Crippen molar-refractivity contribution in [2.24, 2.45) is 5.92 Å². The van der Waals surface area contributed by atoms with Crippen molar-refractivity contribution in [1.82, 2.24) is 5.32 Å². The number of rotatable bonds is 10. The summed E-state index contributed by atoms with van der Waals surface area (Å²) in [4.78, 5) is 0. The topological polar surface area (TPSA) is 29.1 Å². The Hall–Kier alpha value is -0.670. The maximum absolute atomic E-state index is 12.3. The molecule has 0 radical (unpaired) electrons. The maximum atomic E-state index is 12.3. The first kappa shape index (κ1) is 18.4. The lowest BCUT2D eigenvalue weighted by Crippen LogP contribution is -2.27. The van der Waals surface area contributed by atoms with E-state index in [1.54, 1.807) is 0 Å². The molecule has 0 bridgehead atoms. The third-order valence-electron chi connectivity index (χ3n) is 3.89. The van der Waals surface area contributed by atoms with Gasteiger partial charge in [0.2, 0.25) is 0 Å². The zero-order chi connectivity index (χ0) is 15.7. The van der Waals surface area contributed by atoms with Gasteiger partial charge in [-0.2, -0.15) is 0 Å². The molecule has 3 heteroatoms. The van der Waals surface area contributed by atoms with E-state index in [4.69, 9.17) is 0 Å². The van der Waals surface area contributed by atoms with Crippen LogP contribution in [0.15, 0.2) is 24.3 Å². The van der Waals surface area contributed by atoms with E-state index < -0.39 is 10.8 Å². The number of nitrogens with one attached hydrogen (secondary N) is 1. The molecule has 0 fully saturated rings. The van der Waals surface area contributed by atoms with Crippen LogP contribution in [0.2, 0.25) is 0 Å². The molecule has 0 aliphatic rings. The first-order valence-corrected chi connectivity index (χ1v) is 9.76. The summed E-state index contributed by atoms with van der Waals surface area (Å²) in [7, 11) is -0.753. The maximum Gasteiger partial charge on any atom is 0.0436 e. The summed E-state index contributed by atoms with van der Waals surface area (Å²) in [5.41, 5.74) is 2.64. The van der Waals surface area contributed by atoms with Crippen molar-refractivity contribution < 1.29 is 4.21 Å². The van der Waals surface area contributed by atoms with Gasteiger partial charge in [-0.15, -0.1) is 0 Å². The van der Waals surface area contributed by atoms with Gasteiger partial charge in [0.05, 0.1) is 0 Å². The van der Waals surface area contributed by atoms with Crippen molar-refractivity contribution in [2.75, 3.05) is 18.1 Å². The molecule has 1 aromatic carbocycles. The van der Waals surface area contributed by atoms with E-state index in [2.05, 4.69) is 57.3 Å². The Labute approximate surface area is 133 Å². The van der Waals surface area contributed by atoms with Gasteiger partial charge >= 0.3 is 0 Å². The van der Waals surface area contributed by atoms with Crippen molar-refractivity contribution in [3.63, 3.8) is 0 Å². The Morgan fingerprint density at radius 1 is 1.10 bits per heavy atom. The van der Waals surface area contributed by atoms with Crippen LogP contribution in [-0.2, 0) is 17.2 Å². The van der Waals surface area contributed by atoms with Crippen LogP contribution in [0.1, 0.15) is 57.7 Å². The molecule has 0 aliphatic carbocycles. The van der Waals surface area contributed by atoms with Crippen LogP contribution in [0.4, 0.5) is 0 Å². The van der Waals surface area contributed by atoms with Crippen LogP contribution < -0.4 is 5.32 Å². The van der Waals surface area contributed by atoms with Crippen molar-refractivity contribution in [3.8, 4) is 0 Å². The summed E-state index contributed by atoms with van der Waals surface area (Å²) in [5.74, 6) is 2.07. The summed E-state index contributed by atoms with van der Waals surface area (Å²) < 4.78 is 12.3. The molecule has 1 rings (SSSR count). The van der Waals surface area contributed by atoms with Gasteiger partial charge in [-0.05, 0) is 30.0 Å². The molecule has 1 aromatic rings. The fraction of sp³-hybridized carbons (Fsp3) is 0.667. The molecule has 3 unspecified atom stereocenters. The molecular weight excluding hydrogens is 278 g/mol. The zero-order valence-corrected chi connectivity index (χ0v) is 14.8. The van der Waals surface area contributed by atoms with Crippen LogP contribution >= 0.6 is 0 Å². The van der Waals surface area contributed by atoms with Crippen LogP contribution in [-0.4, -0.2) is 22.3 Å². The average molecular weight is 310 g/mol. The molecule has 0 saturated heterocycles. The highest BCUT2D eigenvalue weighted by Crippen LogP contribution is 2.17. The lowest BCUT2D eigenvalue weighted by Gasteiger charge is -2.19. The number of aryl methyl sites for hydroxylation is 1. The molecule has 0 spiro atoms. The molecule has 0 heterocycles. The van der Waals surface area contributed by atoms with Crippen LogP contribution in [0.25, 0.3) is 0 Å². The Bertz CT molecular complexity index is 416. The van der Waals surface area contributed by atoms with Crippen molar-refractivity contribution in [2.45, 2.75) is 53.0 Å². The molecule has 0 aromatic heterocycles. The Morgan fingerprint density at radius 2 is 1.76 bits per heavy atom. The van der Waals surface area contributed by atoms with Crippen molar-refractivity contribution >= 4 is 10.8 Å². The second-order valence-electron chi connectivity index (χ2n) is 5.89. The SMILES string of the molecule is CCCc1ccc(C(CS(=O)CC(C)CC)NCC)cc1. The summed E-state index contributed by atoms with van der Waals surface area (Å²) in [6, 6.07) is 9.01. The molecule has 0 saturated carbocycles. The average Bonchev–Trinajstić information content (AvgIpc) is 2.47. The highest BCUT2D eigenvalue weighted by molar-refractivity contribution is 7.85. The van der Waals surface area contributed by atoms with Gasteiger partial charge in [-0.3, -0.25) is 4.21 Å². The predicted octanol–water partition coefficient (Wildman–Crippen LogP) is 4.08. The molecule has 0 aliphatic heterocycles. The van der Waals surface area contributed by atoms with E-state index in [0.717, 1.165) is 25.1 Å². The highest BCUT2D eigenvalue weighted by Gasteiger charge is 2.15. The molecule has 1 N–H and O–H groups in total. The van der Waals surface area contributed by atoms with E-state index in [1.807, 2.05) is 0 Å². The smallest absolute Gasteiger partial charge is 0.0436 e. The monoisotopic (exact) mass is 309 g/mol.